The molecule has 4 nitrogen and oxygen atoms in total. The van der Waals surface area contributed by atoms with Crippen molar-refractivity contribution in [3.05, 3.63) is 53.0 Å². The van der Waals surface area contributed by atoms with Crippen LogP contribution in [0.3, 0.4) is 0 Å². The molecular formula is C23H29N3OS. The van der Waals surface area contributed by atoms with Crippen LogP contribution >= 0.6 is 11.3 Å². The van der Waals surface area contributed by atoms with Crippen molar-refractivity contribution < 1.29 is 4.79 Å². The average Bonchev–Trinajstić information content (AvgIpc) is 3.26. The quantitative estimate of drug-likeness (QED) is 0.564. The summed E-state index contributed by atoms with van der Waals surface area (Å²) in [5, 5.41) is 6.13. The van der Waals surface area contributed by atoms with Crippen LogP contribution < -0.4 is 5.32 Å². The van der Waals surface area contributed by atoms with Crippen LogP contribution in [0.1, 0.15) is 43.7 Å². The summed E-state index contributed by atoms with van der Waals surface area (Å²) in [7, 11) is 0. The van der Waals surface area contributed by atoms with Gasteiger partial charge in [-0.15, -0.1) is 11.3 Å². The van der Waals surface area contributed by atoms with E-state index in [-0.39, 0.29) is 5.91 Å². The van der Waals surface area contributed by atoms with Crippen LogP contribution in [-0.4, -0.2) is 22.0 Å². The summed E-state index contributed by atoms with van der Waals surface area (Å²) < 4.78 is 2.23. The highest BCUT2D eigenvalue weighted by atomic mass is 32.1. The summed E-state index contributed by atoms with van der Waals surface area (Å²) in [6.07, 6.45) is 0. The molecule has 2 heterocycles. The summed E-state index contributed by atoms with van der Waals surface area (Å²) >= 11 is 1.64. The van der Waals surface area contributed by atoms with Crippen LogP contribution in [0.4, 0.5) is 0 Å². The lowest BCUT2D eigenvalue weighted by atomic mass is 10.2. The van der Waals surface area contributed by atoms with E-state index >= 15 is 0 Å². The molecule has 2 aromatic heterocycles. The second-order valence-electron chi connectivity index (χ2n) is 8.04. The third-order valence-corrected chi connectivity index (χ3v) is 5.51. The summed E-state index contributed by atoms with van der Waals surface area (Å²) in [5.74, 6) is 0.894. The third kappa shape index (κ3) is 4.53. The van der Waals surface area contributed by atoms with Gasteiger partial charge in [0.2, 0.25) is 0 Å². The van der Waals surface area contributed by atoms with Crippen molar-refractivity contribution in [3.8, 4) is 22.0 Å². The Kier molecular flexibility index (Phi) is 6.35. The molecule has 148 valence electrons. The van der Waals surface area contributed by atoms with Crippen LogP contribution in [0.25, 0.3) is 22.0 Å². The predicted molar refractivity (Wildman–Crippen MR) is 118 cm³/mol. The van der Waals surface area contributed by atoms with E-state index in [2.05, 4.69) is 55.1 Å². The van der Waals surface area contributed by atoms with Crippen LogP contribution in [0.2, 0.25) is 0 Å². The van der Waals surface area contributed by atoms with Gasteiger partial charge in [0, 0.05) is 29.7 Å². The highest BCUT2D eigenvalue weighted by molar-refractivity contribution is 7.13. The van der Waals surface area contributed by atoms with Gasteiger partial charge in [-0.1, -0.05) is 58.0 Å². The maximum absolute atomic E-state index is 12.7. The molecule has 1 amide bonds. The SMILES string of the molecule is Cc1c(C(=O)NCC(C)C)cc(-c2csc(-c3ccccc3)n2)n1CC(C)C. The van der Waals surface area contributed by atoms with Gasteiger partial charge in [-0.25, -0.2) is 4.98 Å². The lowest BCUT2D eigenvalue weighted by Gasteiger charge is -2.13. The molecule has 0 radical (unpaired) electrons. The second-order valence-corrected chi connectivity index (χ2v) is 8.90. The number of hydrogen-bond donors (Lipinski definition) is 1. The van der Waals surface area contributed by atoms with Crippen molar-refractivity contribution >= 4 is 17.2 Å². The highest BCUT2D eigenvalue weighted by Crippen LogP contribution is 2.32. The highest BCUT2D eigenvalue weighted by Gasteiger charge is 2.21. The Labute approximate surface area is 171 Å². The van der Waals surface area contributed by atoms with Crippen molar-refractivity contribution in [3.63, 3.8) is 0 Å². The number of nitrogens with one attached hydrogen (secondary N) is 1. The molecule has 0 saturated heterocycles. The molecule has 0 atom stereocenters. The minimum atomic E-state index is -0.00605. The number of amides is 1. The molecule has 0 saturated carbocycles. The minimum absolute atomic E-state index is 0.00605. The summed E-state index contributed by atoms with van der Waals surface area (Å²) in [6, 6.07) is 12.2. The van der Waals surface area contributed by atoms with Crippen LogP contribution in [0.5, 0.6) is 0 Å². The summed E-state index contributed by atoms with van der Waals surface area (Å²) in [5.41, 5.74) is 4.80. The minimum Gasteiger partial charge on any atom is -0.352 e. The summed E-state index contributed by atoms with van der Waals surface area (Å²) in [6.45, 7) is 12.2. The Morgan fingerprint density at radius 2 is 1.86 bits per heavy atom. The van der Waals surface area contributed by atoms with Crippen LogP contribution in [0, 0.1) is 18.8 Å². The Balaban J connectivity index is 1.99. The van der Waals surface area contributed by atoms with Crippen molar-refractivity contribution in [1.82, 2.24) is 14.9 Å². The average molecular weight is 396 g/mol. The van der Waals surface area contributed by atoms with E-state index in [4.69, 9.17) is 4.98 Å². The largest absolute Gasteiger partial charge is 0.352 e. The molecule has 3 rings (SSSR count). The predicted octanol–water partition coefficient (Wildman–Crippen LogP) is 5.63. The zero-order valence-corrected chi connectivity index (χ0v) is 18.1. The van der Waals surface area contributed by atoms with E-state index in [1.807, 2.05) is 31.2 Å². The molecule has 3 aromatic rings. The fraction of sp³-hybridized carbons (Fsp3) is 0.391. The number of carbonyl (C=O) groups excluding carboxylic acids is 1. The Hall–Kier alpha value is -2.40. The monoisotopic (exact) mass is 395 g/mol. The van der Waals surface area contributed by atoms with Crippen LogP contribution in [0.15, 0.2) is 41.8 Å². The molecule has 1 N–H and O–H groups in total. The first-order chi connectivity index (χ1) is 13.4. The number of nitrogens with zero attached hydrogens (tertiary/aromatic N) is 2. The van der Waals surface area contributed by atoms with Gasteiger partial charge in [0.05, 0.1) is 17.0 Å². The van der Waals surface area contributed by atoms with Gasteiger partial charge in [0.15, 0.2) is 0 Å². The van der Waals surface area contributed by atoms with E-state index in [0.717, 1.165) is 39.8 Å². The van der Waals surface area contributed by atoms with Crippen molar-refractivity contribution in [2.24, 2.45) is 11.8 Å². The molecule has 0 aliphatic rings. The lowest BCUT2D eigenvalue weighted by molar-refractivity contribution is 0.0948. The van der Waals surface area contributed by atoms with Gasteiger partial charge < -0.3 is 9.88 Å². The van der Waals surface area contributed by atoms with Gasteiger partial charge in [-0.05, 0) is 24.8 Å². The lowest BCUT2D eigenvalue weighted by Crippen LogP contribution is -2.27. The molecule has 0 fully saturated rings. The maximum atomic E-state index is 12.7. The topological polar surface area (TPSA) is 46.9 Å². The molecular weight excluding hydrogens is 366 g/mol. The number of benzene rings is 1. The zero-order valence-electron chi connectivity index (χ0n) is 17.3. The molecule has 0 bridgehead atoms. The fourth-order valence-corrected chi connectivity index (χ4v) is 4.00. The van der Waals surface area contributed by atoms with E-state index in [9.17, 15) is 4.79 Å². The second kappa shape index (κ2) is 8.74. The molecule has 0 aliphatic carbocycles. The van der Waals surface area contributed by atoms with E-state index in [0.29, 0.717) is 18.4 Å². The maximum Gasteiger partial charge on any atom is 0.253 e. The molecule has 0 unspecified atom stereocenters. The molecule has 28 heavy (non-hydrogen) atoms. The number of rotatable bonds is 7. The number of hydrogen-bond acceptors (Lipinski definition) is 3. The van der Waals surface area contributed by atoms with Crippen molar-refractivity contribution in [2.75, 3.05) is 6.54 Å². The fourth-order valence-electron chi connectivity index (χ4n) is 3.18. The normalized spacial score (nSPS) is 11.4. The third-order valence-electron chi connectivity index (χ3n) is 4.62. The number of thiazole rings is 1. The van der Waals surface area contributed by atoms with E-state index < -0.39 is 0 Å². The number of carbonyl (C=O) groups is 1. The van der Waals surface area contributed by atoms with Crippen molar-refractivity contribution in [1.29, 1.82) is 0 Å². The van der Waals surface area contributed by atoms with Gasteiger partial charge in [-0.3, -0.25) is 4.79 Å². The Morgan fingerprint density at radius 1 is 1.14 bits per heavy atom. The van der Waals surface area contributed by atoms with Gasteiger partial charge in [0.25, 0.3) is 5.91 Å². The molecule has 0 aliphatic heterocycles. The first-order valence-electron chi connectivity index (χ1n) is 9.86. The first-order valence-corrected chi connectivity index (χ1v) is 10.7. The van der Waals surface area contributed by atoms with E-state index in [1.54, 1.807) is 11.3 Å². The molecule has 1 aromatic carbocycles. The number of aromatic nitrogens is 2. The Morgan fingerprint density at radius 3 is 2.50 bits per heavy atom. The van der Waals surface area contributed by atoms with Crippen LogP contribution in [-0.2, 0) is 6.54 Å². The Bertz CT molecular complexity index is 938. The smallest absolute Gasteiger partial charge is 0.253 e. The van der Waals surface area contributed by atoms with Gasteiger partial charge in [-0.2, -0.15) is 0 Å². The van der Waals surface area contributed by atoms with Gasteiger partial charge >= 0.3 is 0 Å². The summed E-state index contributed by atoms with van der Waals surface area (Å²) in [4.78, 5) is 17.6. The first kappa shape index (κ1) is 20.3. The van der Waals surface area contributed by atoms with E-state index in [1.165, 1.54) is 0 Å². The standard InChI is InChI=1S/C23H29N3OS/c1-15(2)12-24-22(27)19-11-21(26(17(19)5)13-16(3)4)20-14-28-23(25-20)18-9-7-6-8-10-18/h6-11,14-16H,12-13H2,1-5H3,(H,24,27). The zero-order chi connectivity index (χ0) is 20.3. The molecule has 0 spiro atoms. The van der Waals surface area contributed by atoms with Crippen molar-refractivity contribution in [2.45, 2.75) is 41.2 Å². The molecule has 5 heteroatoms. The van der Waals surface area contributed by atoms with Gasteiger partial charge in [0.1, 0.15) is 5.01 Å².